The first-order chi connectivity index (χ1) is 15.2. The normalized spacial score (nSPS) is 17.9. The summed E-state index contributed by atoms with van der Waals surface area (Å²) in [7, 11) is 3.42. The van der Waals surface area contributed by atoms with Crippen molar-refractivity contribution in [1.82, 2.24) is 16.0 Å². The molecule has 0 unspecified atom stereocenters. The van der Waals surface area contributed by atoms with Gasteiger partial charge in [0.15, 0.2) is 17.5 Å². The molecule has 3 N–H and O–H groups in total. The van der Waals surface area contributed by atoms with Crippen LogP contribution in [0.1, 0.15) is 63.4 Å². The number of rotatable bonds is 9. The van der Waals surface area contributed by atoms with E-state index in [1.54, 1.807) is 14.2 Å². The molecule has 2 aliphatic rings. The van der Waals surface area contributed by atoms with Crippen molar-refractivity contribution in [3.05, 3.63) is 23.8 Å². The number of methoxy groups -OCH3 is 1. The molecule has 31 heavy (non-hydrogen) atoms. The monoisotopic (exact) mass is 430 g/mol. The minimum absolute atomic E-state index is 0.189. The van der Waals surface area contributed by atoms with Crippen molar-refractivity contribution in [2.24, 2.45) is 10.9 Å². The third kappa shape index (κ3) is 7.04. The predicted molar refractivity (Wildman–Crippen MR) is 124 cm³/mol. The van der Waals surface area contributed by atoms with Crippen molar-refractivity contribution in [1.29, 1.82) is 0 Å². The Balaban J connectivity index is 1.46. The molecule has 2 saturated carbocycles. The highest BCUT2D eigenvalue weighted by atomic mass is 16.5. The summed E-state index contributed by atoms with van der Waals surface area (Å²) in [5.74, 6) is 2.66. The number of ether oxygens (including phenoxy) is 2. The van der Waals surface area contributed by atoms with Crippen LogP contribution in [-0.2, 0) is 11.3 Å². The fraction of sp³-hybridized carbons (Fsp3) is 0.667. The largest absolute Gasteiger partial charge is 0.493 e. The van der Waals surface area contributed by atoms with E-state index in [1.165, 1.54) is 32.1 Å². The summed E-state index contributed by atoms with van der Waals surface area (Å²) >= 11 is 0. The summed E-state index contributed by atoms with van der Waals surface area (Å²) in [5.41, 5.74) is 1.04. The number of para-hydroxylation sites is 1. The molecule has 0 aromatic heterocycles. The van der Waals surface area contributed by atoms with Gasteiger partial charge in [-0.05, 0) is 44.6 Å². The number of aliphatic imine (C=N–C) groups is 1. The second-order valence-electron chi connectivity index (χ2n) is 8.45. The molecule has 0 radical (unpaired) electrons. The Labute approximate surface area is 186 Å². The number of nitrogens with one attached hydrogen (secondary N) is 3. The van der Waals surface area contributed by atoms with Gasteiger partial charge >= 0.3 is 0 Å². The lowest BCUT2D eigenvalue weighted by molar-refractivity contribution is -0.125. The Kier molecular flexibility index (Phi) is 9.31. The number of benzene rings is 1. The minimum Gasteiger partial charge on any atom is -0.493 e. The molecule has 1 amide bonds. The summed E-state index contributed by atoms with van der Waals surface area (Å²) in [6, 6.07) is 5.97. The van der Waals surface area contributed by atoms with Gasteiger partial charge < -0.3 is 25.4 Å². The van der Waals surface area contributed by atoms with E-state index in [-0.39, 0.29) is 17.9 Å². The lowest BCUT2D eigenvalue weighted by atomic mass is 9.89. The van der Waals surface area contributed by atoms with Crippen LogP contribution in [0.2, 0.25) is 0 Å². The molecule has 7 heteroatoms. The summed E-state index contributed by atoms with van der Waals surface area (Å²) in [6.07, 6.45) is 10.5. The number of hydrogen-bond acceptors (Lipinski definition) is 4. The Morgan fingerprint density at radius 3 is 2.42 bits per heavy atom. The molecule has 0 heterocycles. The zero-order valence-corrected chi connectivity index (χ0v) is 19.0. The van der Waals surface area contributed by atoms with E-state index in [2.05, 4.69) is 27.0 Å². The minimum atomic E-state index is 0.189. The van der Waals surface area contributed by atoms with Crippen LogP contribution in [0.15, 0.2) is 23.2 Å². The Morgan fingerprint density at radius 2 is 1.71 bits per heavy atom. The van der Waals surface area contributed by atoms with Gasteiger partial charge in [-0.2, -0.15) is 0 Å². The molecule has 0 spiro atoms. The van der Waals surface area contributed by atoms with Gasteiger partial charge in [0.1, 0.15) is 0 Å². The quantitative estimate of drug-likeness (QED) is 0.318. The molecular weight excluding hydrogens is 392 g/mol. The van der Waals surface area contributed by atoms with E-state index in [1.807, 2.05) is 12.1 Å². The van der Waals surface area contributed by atoms with Gasteiger partial charge in [-0.1, -0.05) is 31.4 Å². The van der Waals surface area contributed by atoms with E-state index in [9.17, 15) is 4.79 Å². The van der Waals surface area contributed by atoms with Crippen molar-refractivity contribution in [2.45, 2.75) is 70.4 Å². The summed E-state index contributed by atoms with van der Waals surface area (Å²) < 4.78 is 11.8. The van der Waals surface area contributed by atoms with Crippen LogP contribution >= 0.6 is 0 Å². The van der Waals surface area contributed by atoms with Gasteiger partial charge in [-0.15, -0.1) is 0 Å². The Bertz CT molecular complexity index is 726. The van der Waals surface area contributed by atoms with Gasteiger partial charge in [0.05, 0.1) is 13.2 Å². The first-order valence-electron chi connectivity index (χ1n) is 11.8. The van der Waals surface area contributed by atoms with E-state index in [4.69, 9.17) is 9.47 Å². The molecule has 7 nitrogen and oxygen atoms in total. The molecule has 3 rings (SSSR count). The smallest absolute Gasteiger partial charge is 0.223 e. The molecule has 2 fully saturated rings. The number of hydrogen-bond donors (Lipinski definition) is 3. The molecule has 1 aromatic rings. The molecule has 0 aliphatic heterocycles. The van der Waals surface area contributed by atoms with Gasteiger partial charge in [0, 0.05) is 38.2 Å². The standard InChI is InChI=1S/C24H38N4O3/c1-25-24(27-16-15-26-23(29)18-9-4-3-5-10-18)28-17-19-11-8-14-21(30-2)22(19)31-20-12-6-7-13-20/h8,11,14,18,20H,3-7,9-10,12-13,15-17H2,1-2H3,(H,26,29)(H2,25,27,28). The maximum absolute atomic E-state index is 12.3. The van der Waals surface area contributed by atoms with Gasteiger partial charge in [-0.25, -0.2) is 0 Å². The average molecular weight is 431 g/mol. The summed E-state index contributed by atoms with van der Waals surface area (Å²) in [5, 5.41) is 9.67. The fourth-order valence-electron chi connectivity index (χ4n) is 4.44. The van der Waals surface area contributed by atoms with E-state index in [0.29, 0.717) is 25.6 Å². The van der Waals surface area contributed by atoms with Gasteiger partial charge in [0.2, 0.25) is 5.91 Å². The highest BCUT2D eigenvalue weighted by molar-refractivity contribution is 5.80. The van der Waals surface area contributed by atoms with Crippen LogP contribution in [0.4, 0.5) is 0 Å². The molecule has 0 saturated heterocycles. The lowest BCUT2D eigenvalue weighted by Gasteiger charge is -2.21. The maximum atomic E-state index is 12.3. The van der Waals surface area contributed by atoms with E-state index < -0.39 is 0 Å². The SMILES string of the molecule is CN=C(NCCNC(=O)C1CCCCC1)NCc1cccc(OC)c1OC1CCCC1. The van der Waals surface area contributed by atoms with Crippen molar-refractivity contribution in [2.75, 3.05) is 27.2 Å². The van der Waals surface area contributed by atoms with Crippen LogP contribution < -0.4 is 25.4 Å². The Hall–Kier alpha value is -2.44. The zero-order chi connectivity index (χ0) is 21.9. The van der Waals surface area contributed by atoms with E-state index in [0.717, 1.165) is 42.7 Å². The average Bonchev–Trinajstić information content (AvgIpc) is 3.33. The zero-order valence-electron chi connectivity index (χ0n) is 19.0. The number of nitrogens with zero attached hydrogens (tertiary/aromatic N) is 1. The van der Waals surface area contributed by atoms with Crippen LogP contribution in [-0.4, -0.2) is 45.2 Å². The number of amides is 1. The maximum Gasteiger partial charge on any atom is 0.223 e. The molecule has 172 valence electrons. The van der Waals surface area contributed by atoms with Crippen molar-refractivity contribution in [3.63, 3.8) is 0 Å². The van der Waals surface area contributed by atoms with E-state index >= 15 is 0 Å². The second-order valence-corrected chi connectivity index (χ2v) is 8.45. The first-order valence-corrected chi connectivity index (χ1v) is 11.8. The number of carbonyl (C=O) groups is 1. The van der Waals surface area contributed by atoms with Crippen molar-refractivity contribution < 1.29 is 14.3 Å². The highest BCUT2D eigenvalue weighted by Gasteiger charge is 2.21. The highest BCUT2D eigenvalue weighted by Crippen LogP contribution is 2.34. The molecule has 1 aromatic carbocycles. The summed E-state index contributed by atoms with van der Waals surface area (Å²) in [4.78, 5) is 16.5. The lowest BCUT2D eigenvalue weighted by Crippen LogP contribution is -2.42. The molecular formula is C24H38N4O3. The Morgan fingerprint density at radius 1 is 1.00 bits per heavy atom. The van der Waals surface area contributed by atoms with Gasteiger partial charge in [-0.3, -0.25) is 9.79 Å². The van der Waals surface area contributed by atoms with Crippen LogP contribution in [0.25, 0.3) is 0 Å². The summed E-state index contributed by atoms with van der Waals surface area (Å²) in [6.45, 7) is 1.79. The van der Waals surface area contributed by atoms with Gasteiger partial charge in [0.25, 0.3) is 0 Å². The van der Waals surface area contributed by atoms with Crippen LogP contribution in [0, 0.1) is 5.92 Å². The van der Waals surface area contributed by atoms with Crippen LogP contribution in [0.5, 0.6) is 11.5 Å². The predicted octanol–water partition coefficient (Wildman–Crippen LogP) is 3.38. The van der Waals surface area contributed by atoms with Crippen molar-refractivity contribution in [3.8, 4) is 11.5 Å². The van der Waals surface area contributed by atoms with Crippen molar-refractivity contribution >= 4 is 11.9 Å². The second kappa shape index (κ2) is 12.4. The topological polar surface area (TPSA) is 84.0 Å². The fourth-order valence-corrected chi connectivity index (χ4v) is 4.44. The molecule has 0 bridgehead atoms. The first kappa shape index (κ1) is 23.2. The molecule has 0 atom stereocenters. The third-order valence-corrected chi connectivity index (χ3v) is 6.23. The van der Waals surface area contributed by atoms with Crippen LogP contribution in [0.3, 0.4) is 0 Å². The molecule has 2 aliphatic carbocycles. The third-order valence-electron chi connectivity index (χ3n) is 6.23. The number of guanidine groups is 1. The number of carbonyl (C=O) groups excluding carboxylic acids is 1.